The zero-order valence-electron chi connectivity index (χ0n) is 14.8. The van der Waals surface area contributed by atoms with Gasteiger partial charge in [-0.3, -0.25) is 4.79 Å². The fourth-order valence-electron chi connectivity index (χ4n) is 3.74. The van der Waals surface area contributed by atoms with Gasteiger partial charge < -0.3 is 14.8 Å². The number of fused-ring (bicyclic) bond motifs is 1. The number of carbonyl (C=O) groups is 1. The van der Waals surface area contributed by atoms with Crippen LogP contribution in [0.3, 0.4) is 0 Å². The van der Waals surface area contributed by atoms with Crippen molar-refractivity contribution >= 4 is 22.5 Å². The summed E-state index contributed by atoms with van der Waals surface area (Å²) < 4.78 is 15.0. The number of nitrogens with zero attached hydrogens (tertiary/aromatic N) is 2. The van der Waals surface area contributed by atoms with Crippen LogP contribution in [0.4, 0.5) is 10.1 Å². The number of rotatable bonds is 4. The molecule has 1 atom stereocenters. The smallest absolute Gasteiger partial charge is 0.253 e. The van der Waals surface area contributed by atoms with Gasteiger partial charge in [-0.25, -0.2) is 4.39 Å². The van der Waals surface area contributed by atoms with Crippen molar-refractivity contribution in [2.75, 3.05) is 24.5 Å². The molecule has 4 rings (SSSR count). The first kappa shape index (κ1) is 16.6. The molecule has 1 aliphatic heterocycles. The van der Waals surface area contributed by atoms with Crippen LogP contribution in [0, 0.1) is 11.7 Å². The van der Waals surface area contributed by atoms with Crippen LogP contribution in [0.1, 0.15) is 16.8 Å². The number of hydrogen-bond acceptors (Lipinski definition) is 2. The van der Waals surface area contributed by atoms with Crippen LogP contribution >= 0.6 is 0 Å². The maximum Gasteiger partial charge on any atom is 0.253 e. The maximum atomic E-state index is 13.1. The lowest BCUT2D eigenvalue weighted by atomic mass is 10.1. The van der Waals surface area contributed by atoms with E-state index in [1.807, 2.05) is 54.2 Å². The van der Waals surface area contributed by atoms with Crippen molar-refractivity contribution in [3.05, 3.63) is 66.1 Å². The Balaban J connectivity index is 1.38. The Hall–Kier alpha value is -2.82. The van der Waals surface area contributed by atoms with Crippen molar-refractivity contribution in [2.45, 2.75) is 6.42 Å². The zero-order valence-corrected chi connectivity index (χ0v) is 14.8. The van der Waals surface area contributed by atoms with Gasteiger partial charge in [0.1, 0.15) is 5.82 Å². The summed E-state index contributed by atoms with van der Waals surface area (Å²) in [5.74, 6) is 0.160. The van der Waals surface area contributed by atoms with Gasteiger partial charge in [0.2, 0.25) is 0 Å². The Morgan fingerprint density at radius 1 is 1.19 bits per heavy atom. The summed E-state index contributed by atoms with van der Waals surface area (Å²) in [6.07, 6.45) is 2.91. The minimum atomic E-state index is -0.216. The molecule has 1 aromatic heterocycles. The van der Waals surface area contributed by atoms with Crippen LogP contribution < -0.4 is 10.2 Å². The number of amides is 1. The first-order valence-electron chi connectivity index (χ1n) is 8.94. The Bertz CT molecular complexity index is 932. The minimum Gasteiger partial charge on any atom is -0.371 e. The first-order chi connectivity index (χ1) is 12.6. The van der Waals surface area contributed by atoms with Gasteiger partial charge in [-0.15, -0.1) is 0 Å². The molecule has 1 amide bonds. The predicted octanol–water partition coefficient (Wildman–Crippen LogP) is 3.57. The molecule has 0 spiro atoms. The van der Waals surface area contributed by atoms with Crippen molar-refractivity contribution in [3.8, 4) is 0 Å². The van der Waals surface area contributed by atoms with Gasteiger partial charge in [0, 0.05) is 49.5 Å². The fraction of sp³-hybridized carbons (Fsp3) is 0.286. The summed E-state index contributed by atoms with van der Waals surface area (Å²) in [5, 5.41) is 4.07. The van der Waals surface area contributed by atoms with Gasteiger partial charge in [-0.05, 0) is 42.7 Å². The molecular formula is C21H22FN3O. The van der Waals surface area contributed by atoms with E-state index in [0.717, 1.165) is 41.7 Å². The average Bonchev–Trinajstić information content (AvgIpc) is 3.26. The summed E-state index contributed by atoms with van der Waals surface area (Å²) in [6.45, 7) is 2.46. The van der Waals surface area contributed by atoms with E-state index in [2.05, 4.69) is 10.2 Å². The molecule has 2 heterocycles. The average molecular weight is 351 g/mol. The molecular weight excluding hydrogens is 329 g/mol. The highest BCUT2D eigenvalue weighted by molar-refractivity contribution is 6.06. The summed E-state index contributed by atoms with van der Waals surface area (Å²) >= 11 is 0. The van der Waals surface area contributed by atoms with Crippen molar-refractivity contribution in [1.82, 2.24) is 9.88 Å². The van der Waals surface area contributed by atoms with Crippen LogP contribution in [-0.2, 0) is 7.05 Å². The highest BCUT2D eigenvalue weighted by atomic mass is 19.1. The molecule has 26 heavy (non-hydrogen) atoms. The van der Waals surface area contributed by atoms with Gasteiger partial charge in [-0.1, -0.05) is 18.2 Å². The molecule has 5 heteroatoms. The SMILES string of the molecule is Cn1cc(C(=O)NCC2CCN(c3ccc(F)cc3)C2)c2ccccc21. The molecule has 1 unspecified atom stereocenters. The lowest BCUT2D eigenvalue weighted by Gasteiger charge is -2.18. The van der Waals surface area contributed by atoms with Gasteiger partial charge in [0.05, 0.1) is 5.56 Å². The van der Waals surface area contributed by atoms with E-state index in [1.165, 1.54) is 12.1 Å². The molecule has 1 fully saturated rings. The molecule has 3 aromatic rings. The molecule has 1 aliphatic rings. The number of carbonyl (C=O) groups excluding carboxylic acids is 1. The van der Waals surface area contributed by atoms with E-state index in [-0.39, 0.29) is 11.7 Å². The lowest BCUT2D eigenvalue weighted by molar-refractivity contribution is 0.0949. The zero-order chi connectivity index (χ0) is 18.1. The molecule has 1 N–H and O–H groups in total. The molecule has 0 aliphatic carbocycles. The summed E-state index contributed by atoms with van der Waals surface area (Å²) in [4.78, 5) is 14.9. The number of aryl methyl sites for hydroxylation is 1. The predicted molar refractivity (Wildman–Crippen MR) is 102 cm³/mol. The standard InChI is InChI=1S/C21H22FN3O/c1-24-14-19(18-4-2-3-5-20(18)24)21(26)23-12-15-10-11-25(13-15)17-8-6-16(22)7-9-17/h2-9,14-15H,10-13H2,1H3,(H,23,26). The Labute approximate surface area is 152 Å². The number of para-hydroxylation sites is 1. The van der Waals surface area contributed by atoms with Crippen LogP contribution in [-0.4, -0.2) is 30.1 Å². The highest BCUT2D eigenvalue weighted by Crippen LogP contribution is 2.24. The van der Waals surface area contributed by atoms with Crippen molar-refractivity contribution < 1.29 is 9.18 Å². The third-order valence-corrected chi connectivity index (χ3v) is 5.17. The van der Waals surface area contributed by atoms with Crippen LogP contribution in [0.5, 0.6) is 0 Å². The van der Waals surface area contributed by atoms with E-state index >= 15 is 0 Å². The summed E-state index contributed by atoms with van der Waals surface area (Å²) in [6, 6.07) is 14.5. The van der Waals surface area contributed by atoms with Crippen molar-refractivity contribution in [2.24, 2.45) is 13.0 Å². The number of nitrogens with one attached hydrogen (secondary N) is 1. The van der Waals surface area contributed by atoms with Crippen LogP contribution in [0.15, 0.2) is 54.7 Å². The second-order valence-corrected chi connectivity index (χ2v) is 6.96. The topological polar surface area (TPSA) is 37.3 Å². The van der Waals surface area contributed by atoms with E-state index in [0.29, 0.717) is 12.5 Å². The monoisotopic (exact) mass is 351 g/mol. The van der Waals surface area contributed by atoms with Crippen LogP contribution in [0.25, 0.3) is 10.9 Å². The number of benzene rings is 2. The third kappa shape index (κ3) is 3.17. The largest absolute Gasteiger partial charge is 0.371 e. The molecule has 0 radical (unpaired) electrons. The number of aromatic nitrogens is 1. The minimum absolute atomic E-state index is 0.0259. The quantitative estimate of drug-likeness (QED) is 0.780. The molecule has 2 aromatic carbocycles. The van der Waals surface area contributed by atoms with E-state index in [1.54, 1.807) is 0 Å². The van der Waals surface area contributed by atoms with Gasteiger partial charge in [0.15, 0.2) is 0 Å². The molecule has 134 valence electrons. The number of halogens is 1. The first-order valence-corrected chi connectivity index (χ1v) is 8.94. The molecule has 4 nitrogen and oxygen atoms in total. The Morgan fingerprint density at radius 3 is 2.77 bits per heavy atom. The Morgan fingerprint density at radius 2 is 1.96 bits per heavy atom. The molecule has 1 saturated heterocycles. The van der Waals surface area contributed by atoms with Crippen molar-refractivity contribution in [1.29, 1.82) is 0 Å². The fourth-order valence-corrected chi connectivity index (χ4v) is 3.74. The Kier molecular flexibility index (Phi) is 4.37. The molecule has 0 saturated carbocycles. The second kappa shape index (κ2) is 6.83. The van der Waals surface area contributed by atoms with Crippen molar-refractivity contribution in [3.63, 3.8) is 0 Å². The normalized spacial score (nSPS) is 17.0. The van der Waals surface area contributed by atoms with E-state index in [4.69, 9.17) is 0 Å². The number of hydrogen-bond donors (Lipinski definition) is 1. The van der Waals surface area contributed by atoms with E-state index < -0.39 is 0 Å². The maximum absolute atomic E-state index is 13.1. The second-order valence-electron chi connectivity index (χ2n) is 6.96. The van der Waals surface area contributed by atoms with Gasteiger partial charge in [0.25, 0.3) is 5.91 Å². The third-order valence-electron chi connectivity index (χ3n) is 5.17. The summed E-state index contributed by atoms with van der Waals surface area (Å²) in [5.41, 5.74) is 2.81. The number of anilines is 1. The molecule has 0 bridgehead atoms. The van der Waals surface area contributed by atoms with Crippen LogP contribution in [0.2, 0.25) is 0 Å². The van der Waals surface area contributed by atoms with E-state index in [9.17, 15) is 9.18 Å². The van der Waals surface area contributed by atoms with Gasteiger partial charge >= 0.3 is 0 Å². The summed E-state index contributed by atoms with van der Waals surface area (Å²) in [7, 11) is 1.96. The lowest BCUT2D eigenvalue weighted by Crippen LogP contribution is -2.31. The van der Waals surface area contributed by atoms with Gasteiger partial charge in [-0.2, -0.15) is 0 Å². The highest BCUT2D eigenvalue weighted by Gasteiger charge is 2.24.